The van der Waals surface area contributed by atoms with Crippen LogP contribution in [0.4, 0.5) is 10.1 Å². The molecule has 0 atom stereocenters. The molecule has 1 amide bonds. The molecular formula is C21H17FN2O5. The third kappa shape index (κ3) is 4.21. The number of aryl methyl sites for hydroxylation is 1. The summed E-state index contributed by atoms with van der Waals surface area (Å²) in [5.41, 5.74) is 1.55. The molecule has 8 heteroatoms. The molecule has 148 valence electrons. The molecule has 0 saturated heterocycles. The zero-order valence-electron chi connectivity index (χ0n) is 15.9. The van der Waals surface area contributed by atoms with Gasteiger partial charge in [-0.3, -0.25) is 9.78 Å². The molecule has 0 saturated carbocycles. The first kappa shape index (κ1) is 19.9. The van der Waals surface area contributed by atoms with Crippen molar-refractivity contribution < 1.29 is 28.2 Å². The van der Waals surface area contributed by atoms with Gasteiger partial charge in [0.1, 0.15) is 5.82 Å². The number of nitrogens with one attached hydrogen (secondary N) is 1. The summed E-state index contributed by atoms with van der Waals surface area (Å²) in [4.78, 5) is 41.0. The average molecular weight is 396 g/mol. The molecule has 0 aliphatic heterocycles. The van der Waals surface area contributed by atoms with Gasteiger partial charge in [-0.05, 0) is 49.4 Å². The Morgan fingerprint density at radius 2 is 1.55 bits per heavy atom. The lowest BCUT2D eigenvalue weighted by Crippen LogP contribution is -2.15. The van der Waals surface area contributed by atoms with E-state index < -0.39 is 23.7 Å². The van der Waals surface area contributed by atoms with Crippen molar-refractivity contribution >= 4 is 34.4 Å². The van der Waals surface area contributed by atoms with Crippen LogP contribution in [0, 0.1) is 12.7 Å². The number of carbonyl (C=O) groups excluding carboxylic acids is 3. The number of benzene rings is 2. The summed E-state index contributed by atoms with van der Waals surface area (Å²) in [6.07, 6.45) is 0. The number of amides is 1. The van der Waals surface area contributed by atoms with E-state index in [0.717, 1.165) is 0 Å². The summed E-state index contributed by atoms with van der Waals surface area (Å²) in [6.45, 7) is 1.72. The van der Waals surface area contributed by atoms with E-state index in [2.05, 4.69) is 19.8 Å². The van der Waals surface area contributed by atoms with Crippen LogP contribution in [-0.2, 0) is 9.47 Å². The largest absolute Gasteiger partial charge is 0.465 e. The zero-order chi connectivity index (χ0) is 21.1. The van der Waals surface area contributed by atoms with E-state index in [0.29, 0.717) is 16.6 Å². The van der Waals surface area contributed by atoms with Crippen LogP contribution in [0.25, 0.3) is 10.9 Å². The number of pyridine rings is 1. The second-order valence-electron chi connectivity index (χ2n) is 6.21. The van der Waals surface area contributed by atoms with Gasteiger partial charge in [0, 0.05) is 16.8 Å². The molecule has 0 unspecified atom stereocenters. The Kier molecular flexibility index (Phi) is 5.54. The van der Waals surface area contributed by atoms with Gasteiger partial charge in [-0.15, -0.1) is 0 Å². The van der Waals surface area contributed by atoms with Crippen molar-refractivity contribution in [1.82, 2.24) is 4.98 Å². The maximum absolute atomic E-state index is 13.7. The van der Waals surface area contributed by atoms with Gasteiger partial charge in [0.2, 0.25) is 0 Å². The van der Waals surface area contributed by atoms with Gasteiger partial charge in [-0.2, -0.15) is 0 Å². The van der Waals surface area contributed by atoms with Gasteiger partial charge in [-0.25, -0.2) is 14.0 Å². The van der Waals surface area contributed by atoms with Crippen LogP contribution in [0.2, 0.25) is 0 Å². The number of fused-ring (bicyclic) bond motifs is 1. The van der Waals surface area contributed by atoms with Crippen LogP contribution in [0.1, 0.15) is 36.8 Å². The minimum absolute atomic E-state index is 0.0625. The zero-order valence-corrected chi connectivity index (χ0v) is 15.9. The van der Waals surface area contributed by atoms with Crippen molar-refractivity contribution in [3.63, 3.8) is 0 Å². The Morgan fingerprint density at radius 1 is 0.931 bits per heavy atom. The number of hydrogen-bond acceptors (Lipinski definition) is 6. The van der Waals surface area contributed by atoms with Gasteiger partial charge >= 0.3 is 11.9 Å². The lowest BCUT2D eigenvalue weighted by molar-refractivity contribution is 0.0599. The maximum Gasteiger partial charge on any atom is 0.337 e. The molecule has 3 rings (SSSR count). The molecule has 0 fully saturated rings. The molecule has 0 aliphatic carbocycles. The fourth-order valence-corrected chi connectivity index (χ4v) is 2.89. The van der Waals surface area contributed by atoms with E-state index in [1.807, 2.05) is 0 Å². The van der Waals surface area contributed by atoms with Gasteiger partial charge in [-0.1, -0.05) is 0 Å². The second kappa shape index (κ2) is 8.05. The van der Waals surface area contributed by atoms with Crippen molar-refractivity contribution in [2.75, 3.05) is 19.5 Å². The Bertz CT molecular complexity index is 1110. The van der Waals surface area contributed by atoms with Crippen LogP contribution in [0.3, 0.4) is 0 Å². The first-order valence-corrected chi connectivity index (χ1v) is 8.52. The number of carbonyl (C=O) groups is 3. The van der Waals surface area contributed by atoms with Crippen LogP contribution < -0.4 is 5.32 Å². The fraction of sp³-hybridized carbons (Fsp3) is 0.143. The highest BCUT2D eigenvalue weighted by molar-refractivity contribution is 6.13. The van der Waals surface area contributed by atoms with Crippen LogP contribution >= 0.6 is 0 Å². The number of anilines is 1. The van der Waals surface area contributed by atoms with Gasteiger partial charge in [0.15, 0.2) is 0 Å². The van der Waals surface area contributed by atoms with E-state index in [1.54, 1.807) is 6.92 Å². The summed E-state index contributed by atoms with van der Waals surface area (Å²) < 4.78 is 23.1. The van der Waals surface area contributed by atoms with Crippen molar-refractivity contribution in [3.8, 4) is 0 Å². The fourth-order valence-electron chi connectivity index (χ4n) is 2.89. The van der Waals surface area contributed by atoms with Gasteiger partial charge < -0.3 is 14.8 Å². The normalized spacial score (nSPS) is 10.5. The van der Waals surface area contributed by atoms with E-state index in [1.165, 1.54) is 56.7 Å². The van der Waals surface area contributed by atoms with Crippen molar-refractivity contribution in [1.29, 1.82) is 0 Å². The highest BCUT2D eigenvalue weighted by Crippen LogP contribution is 2.23. The number of nitrogens with zero attached hydrogens (tertiary/aromatic N) is 1. The van der Waals surface area contributed by atoms with Gasteiger partial charge in [0.25, 0.3) is 5.91 Å². The predicted molar refractivity (Wildman–Crippen MR) is 104 cm³/mol. The molecule has 1 aromatic heterocycles. The molecule has 0 spiro atoms. The number of halogens is 1. The smallest absolute Gasteiger partial charge is 0.337 e. The van der Waals surface area contributed by atoms with Crippen molar-refractivity contribution in [2.45, 2.75) is 6.92 Å². The summed E-state index contributed by atoms with van der Waals surface area (Å²) in [7, 11) is 2.40. The molecule has 0 bridgehead atoms. The average Bonchev–Trinajstić information content (AvgIpc) is 2.71. The SMILES string of the molecule is COC(=O)c1cc(NC(=O)c2cc(C)nc3ccc(F)cc23)cc(C(=O)OC)c1. The molecule has 3 aromatic rings. The second-order valence-corrected chi connectivity index (χ2v) is 6.21. The van der Waals surface area contributed by atoms with Crippen molar-refractivity contribution in [2.24, 2.45) is 0 Å². The molecule has 2 aromatic carbocycles. The maximum atomic E-state index is 13.7. The molecular weight excluding hydrogens is 379 g/mol. The minimum atomic E-state index is -0.682. The summed E-state index contributed by atoms with van der Waals surface area (Å²) in [5.74, 6) is -2.42. The number of rotatable bonds is 4. The topological polar surface area (TPSA) is 94.6 Å². The number of hydrogen-bond donors (Lipinski definition) is 1. The summed E-state index contributed by atoms with van der Waals surface area (Å²) >= 11 is 0. The predicted octanol–water partition coefficient (Wildman–Crippen LogP) is 3.51. The Hall–Kier alpha value is -3.81. The van der Waals surface area contributed by atoms with Crippen LogP contribution in [-0.4, -0.2) is 37.0 Å². The molecule has 0 aliphatic rings. The molecule has 1 N–H and O–H groups in total. The molecule has 0 radical (unpaired) electrons. The number of methoxy groups -OCH3 is 2. The van der Waals surface area contributed by atoms with E-state index in [9.17, 15) is 18.8 Å². The monoisotopic (exact) mass is 396 g/mol. The van der Waals surface area contributed by atoms with E-state index in [-0.39, 0.29) is 22.4 Å². The third-order valence-electron chi connectivity index (χ3n) is 4.18. The summed E-state index contributed by atoms with van der Waals surface area (Å²) in [5, 5.41) is 2.97. The van der Waals surface area contributed by atoms with E-state index in [4.69, 9.17) is 0 Å². The number of esters is 2. The highest BCUT2D eigenvalue weighted by Gasteiger charge is 2.17. The first-order valence-electron chi connectivity index (χ1n) is 8.52. The lowest BCUT2D eigenvalue weighted by Gasteiger charge is -2.11. The Morgan fingerprint density at radius 3 is 2.14 bits per heavy atom. The first-order chi connectivity index (χ1) is 13.8. The number of ether oxygens (including phenoxy) is 2. The minimum Gasteiger partial charge on any atom is -0.465 e. The van der Waals surface area contributed by atoms with Crippen LogP contribution in [0.15, 0.2) is 42.5 Å². The molecule has 29 heavy (non-hydrogen) atoms. The highest BCUT2D eigenvalue weighted by atomic mass is 19.1. The van der Waals surface area contributed by atoms with E-state index >= 15 is 0 Å². The summed E-state index contributed by atoms with van der Waals surface area (Å²) in [6, 6.07) is 9.54. The third-order valence-corrected chi connectivity index (χ3v) is 4.18. The number of aromatic nitrogens is 1. The quantitative estimate of drug-likeness (QED) is 0.678. The Balaban J connectivity index is 2.05. The van der Waals surface area contributed by atoms with Crippen molar-refractivity contribution in [3.05, 3.63) is 70.7 Å². The molecule has 1 heterocycles. The standard InChI is InChI=1S/C21H17FN2O5/c1-11-6-17(16-10-14(22)4-5-18(16)23-11)19(25)24-15-8-12(20(26)28-2)7-13(9-15)21(27)29-3/h4-10H,1-3H3,(H,24,25). The molecule has 7 nitrogen and oxygen atoms in total. The van der Waals surface area contributed by atoms with Gasteiger partial charge in [0.05, 0.1) is 36.4 Å². The Labute approximate surface area is 165 Å². The lowest BCUT2D eigenvalue weighted by atomic mass is 10.1. The van der Waals surface area contributed by atoms with Crippen LogP contribution in [0.5, 0.6) is 0 Å².